The number of likely N-dealkylation sites (N-methyl/N-ethyl adjacent to an activating group) is 1. The minimum Gasteiger partial charge on any atom is -0.338 e. The highest BCUT2D eigenvalue weighted by Gasteiger charge is 2.17. The number of hydrogen-bond donors (Lipinski definition) is 1. The summed E-state index contributed by atoms with van der Waals surface area (Å²) in [5.41, 5.74) is 6.87. The number of aromatic nitrogens is 2. The molecule has 0 radical (unpaired) electrons. The fraction of sp³-hybridized carbons (Fsp3) is 0.600. The second kappa shape index (κ2) is 4.93. The van der Waals surface area contributed by atoms with Crippen molar-refractivity contribution in [3.8, 4) is 0 Å². The fourth-order valence-electron chi connectivity index (χ4n) is 1.54. The van der Waals surface area contributed by atoms with Gasteiger partial charge in [-0.15, -0.1) is 0 Å². The molecule has 5 heteroatoms. The average molecular weight is 210 g/mol. The maximum atomic E-state index is 12.0. The van der Waals surface area contributed by atoms with E-state index in [0.29, 0.717) is 25.2 Å². The minimum atomic E-state index is 0.00792. The van der Waals surface area contributed by atoms with Crippen molar-refractivity contribution >= 4 is 5.91 Å². The van der Waals surface area contributed by atoms with Crippen molar-refractivity contribution in [1.82, 2.24) is 14.7 Å². The van der Waals surface area contributed by atoms with Gasteiger partial charge in [0.2, 0.25) is 0 Å². The summed E-state index contributed by atoms with van der Waals surface area (Å²) in [5, 5.41) is 4.15. The maximum absolute atomic E-state index is 12.0. The number of nitrogens with two attached hydrogens (primary N) is 1. The molecule has 0 aliphatic carbocycles. The van der Waals surface area contributed by atoms with E-state index in [4.69, 9.17) is 5.73 Å². The lowest BCUT2D eigenvalue weighted by Crippen LogP contribution is -2.35. The third-order valence-electron chi connectivity index (χ3n) is 2.31. The van der Waals surface area contributed by atoms with Crippen LogP contribution in [0.3, 0.4) is 0 Å². The molecule has 0 fully saturated rings. The molecule has 1 aromatic rings. The molecule has 1 amide bonds. The van der Waals surface area contributed by atoms with Gasteiger partial charge < -0.3 is 10.6 Å². The molecule has 0 aliphatic heterocycles. The van der Waals surface area contributed by atoms with E-state index >= 15 is 0 Å². The molecule has 1 rings (SSSR count). The van der Waals surface area contributed by atoms with Crippen molar-refractivity contribution in [3.63, 3.8) is 0 Å². The Bertz CT molecular complexity index is 345. The first kappa shape index (κ1) is 11.7. The molecule has 5 nitrogen and oxygen atoms in total. The molecule has 0 unspecified atom stereocenters. The number of aryl methyl sites for hydroxylation is 2. The number of carbonyl (C=O) groups is 1. The van der Waals surface area contributed by atoms with Gasteiger partial charge in [0.15, 0.2) is 0 Å². The van der Waals surface area contributed by atoms with Crippen molar-refractivity contribution in [3.05, 3.63) is 17.5 Å². The Labute approximate surface area is 89.9 Å². The van der Waals surface area contributed by atoms with Crippen molar-refractivity contribution in [1.29, 1.82) is 0 Å². The van der Waals surface area contributed by atoms with Crippen LogP contribution in [0.4, 0.5) is 0 Å². The number of carbonyl (C=O) groups excluding carboxylic acids is 1. The first-order valence-corrected chi connectivity index (χ1v) is 5.09. The summed E-state index contributed by atoms with van der Waals surface area (Å²) in [6, 6.07) is 0. The summed E-state index contributed by atoms with van der Waals surface area (Å²) in [7, 11) is 1.81. The summed E-state index contributed by atoms with van der Waals surface area (Å²) in [6.45, 7) is 5.52. The maximum Gasteiger partial charge on any atom is 0.257 e. The van der Waals surface area contributed by atoms with Gasteiger partial charge in [-0.3, -0.25) is 9.48 Å². The third kappa shape index (κ3) is 2.56. The molecule has 0 aliphatic rings. The molecule has 0 saturated carbocycles. The predicted octanol–water partition coefficient (Wildman–Crippen LogP) is 0.149. The summed E-state index contributed by atoms with van der Waals surface area (Å²) in [6.07, 6.45) is 1.75. The molecule has 0 bridgehead atoms. The Kier molecular flexibility index (Phi) is 3.85. The second-order valence-corrected chi connectivity index (χ2v) is 3.48. The molecule has 2 N–H and O–H groups in total. The van der Waals surface area contributed by atoms with Crippen LogP contribution < -0.4 is 5.73 Å². The van der Waals surface area contributed by atoms with Crippen molar-refractivity contribution in [2.75, 3.05) is 19.6 Å². The highest BCUT2D eigenvalue weighted by atomic mass is 16.2. The average Bonchev–Trinajstić information content (AvgIpc) is 2.53. The van der Waals surface area contributed by atoms with Gasteiger partial charge in [0.05, 0.1) is 11.3 Å². The van der Waals surface area contributed by atoms with Gasteiger partial charge in [0.1, 0.15) is 0 Å². The van der Waals surface area contributed by atoms with Gasteiger partial charge in [0.25, 0.3) is 5.91 Å². The topological polar surface area (TPSA) is 64.2 Å². The van der Waals surface area contributed by atoms with Crippen LogP contribution in [0.25, 0.3) is 0 Å². The molecular formula is C10H18N4O. The van der Waals surface area contributed by atoms with Gasteiger partial charge >= 0.3 is 0 Å². The molecule has 0 atom stereocenters. The zero-order chi connectivity index (χ0) is 11.4. The monoisotopic (exact) mass is 210 g/mol. The first-order chi connectivity index (χ1) is 7.10. The zero-order valence-electron chi connectivity index (χ0n) is 9.53. The van der Waals surface area contributed by atoms with E-state index in [9.17, 15) is 4.79 Å². The Hall–Kier alpha value is -1.36. The summed E-state index contributed by atoms with van der Waals surface area (Å²) < 4.78 is 1.65. The quantitative estimate of drug-likeness (QED) is 0.769. The largest absolute Gasteiger partial charge is 0.338 e. The van der Waals surface area contributed by atoms with Gasteiger partial charge in [0, 0.05) is 32.9 Å². The summed E-state index contributed by atoms with van der Waals surface area (Å²) >= 11 is 0. The Balaban J connectivity index is 2.87. The Morgan fingerprint density at radius 3 is 2.73 bits per heavy atom. The van der Waals surface area contributed by atoms with Crippen LogP contribution in [0.15, 0.2) is 6.20 Å². The minimum absolute atomic E-state index is 0.00792. The van der Waals surface area contributed by atoms with Crippen molar-refractivity contribution in [2.45, 2.75) is 13.8 Å². The van der Waals surface area contributed by atoms with E-state index in [-0.39, 0.29) is 5.91 Å². The molecule has 0 saturated heterocycles. The van der Waals surface area contributed by atoms with E-state index in [1.165, 1.54) is 0 Å². The highest BCUT2D eigenvalue weighted by molar-refractivity contribution is 5.95. The van der Waals surface area contributed by atoms with Crippen molar-refractivity contribution < 1.29 is 4.79 Å². The predicted molar refractivity (Wildman–Crippen MR) is 58.6 cm³/mol. The van der Waals surface area contributed by atoms with Crippen LogP contribution in [0.1, 0.15) is 23.0 Å². The Morgan fingerprint density at radius 1 is 1.67 bits per heavy atom. The van der Waals surface area contributed by atoms with Crippen molar-refractivity contribution in [2.24, 2.45) is 12.8 Å². The number of hydrogen-bond acceptors (Lipinski definition) is 3. The van der Waals surface area contributed by atoms with Crippen LogP contribution in [0, 0.1) is 6.92 Å². The van der Waals surface area contributed by atoms with Gasteiger partial charge in [-0.2, -0.15) is 5.10 Å². The molecular weight excluding hydrogens is 192 g/mol. The van der Waals surface area contributed by atoms with E-state index < -0.39 is 0 Å². The summed E-state index contributed by atoms with van der Waals surface area (Å²) in [4.78, 5) is 13.7. The molecule has 0 spiro atoms. The highest BCUT2D eigenvalue weighted by Crippen LogP contribution is 2.08. The molecule has 0 aromatic carbocycles. The summed E-state index contributed by atoms with van der Waals surface area (Å²) in [5.74, 6) is 0.00792. The van der Waals surface area contributed by atoms with E-state index in [1.54, 1.807) is 15.8 Å². The normalized spacial score (nSPS) is 10.4. The third-order valence-corrected chi connectivity index (χ3v) is 2.31. The Morgan fingerprint density at radius 2 is 2.33 bits per heavy atom. The van der Waals surface area contributed by atoms with Crippen LogP contribution in [0.5, 0.6) is 0 Å². The lowest BCUT2D eigenvalue weighted by atomic mass is 10.2. The zero-order valence-corrected chi connectivity index (χ0v) is 9.53. The van der Waals surface area contributed by atoms with Gasteiger partial charge in [-0.05, 0) is 13.8 Å². The lowest BCUT2D eigenvalue weighted by Gasteiger charge is -2.19. The molecule has 84 valence electrons. The van der Waals surface area contributed by atoms with Crippen LogP contribution >= 0.6 is 0 Å². The lowest BCUT2D eigenvalue weighted by molar-refractivity contribution is 0.0768. The molecule has 1 heterocycles. The van der Waals surface area contributed by atoms with Crippen LogP contribution in [-0.2, 0) is 7.05 Å². The second-order valence-electron chi connectivity index (χ2n) is 3.48. The van der Waals surface area contributed by atoms with E-state index in [0.717, 1.165) is 5.69 Å². The SMILES string of the molecule is CCN(CCN)C(=O)c1cn(C)nc1C. The van der Waals surface area contributed by atoms with Gasteiger partial charge in [-0.25, -0.2) is 0 Å². The van der Waals surface area contributed by atoms with Crippen LogP contribution in [-0.4, -0.2) is 40.2 Å². The van der Waals surface area contributed by atoms with E-state index in [2.05, 4.69) is 5.10 Å². The number of amides is 1. The smallest absolute Gasteiger partial charge is 0.257 e. The molecule has 15 heavy (non-hydrogen) atoms. The fourth-order valence-corrected chi connectivity index (χ4v) is 1.54. The van der Waals surface area contributed by atoms with Crippen LogP contribution in [0.2, 0.25) is 0 Å². The van der Waals surface area contributed by atoms with E-state index in [1.807, 2.05) is 20.9 Å². The standard InChI is InChI=1S/C10H18N4O/c1-4-14(6-5-11)10(15)9-7-13(3)12-8(9)2/h7H,4-6,11H2,1-3H3. The first-order valence-electron chi connectivity index (χ1n) is 5.09. The number of nitrogens with zero attached hydrogens (tertiary/aromatic N) is 3. The number of rotatable bonds is 4. The molecule has 1 aromatic heterocycles. The van der Waals surface area contributed by atoms with Gasteiger partial charge in [-0.1, -0.05) is 0 Å².